The number of hydrogen-bond donors (Lipinski definition) is 1. The van der Waals surface area contributed by atoms with E-state index in [0.717, 1.165) is 17.9 Å². The second kappa shape index (κ2) is 9.94. The summed E-state index contributed by atoms with van der Waals surface area (Å²) < 4.78 is 27.4. The summed E-state index contributed by atoms with van der Waals surface area (Å²) in [6.07, 6.45) is 2.54. The molecule has 2 rings (SSSR count). The summed E-state index contributed by atoms with van der Waals surface area (Å²) >= 11 is 1.62. The molecule has 25 heavy (non-hydrogen) atoms. The van der Waals surface area contributed by atoms with E-state index in [4.69, 9.17) is 5.73 Å². The molecule has 2 amide bonds. The van der Waals surface area contributed by atoms with Gasteiger partial charge in [0.1, 0.15) is 17.2 Å². The number of hydrogen-bond acceptors (Lipinski definition) is 4. The van der Waals surface area contributed by atoms with E-state index in [2.05, 4.69) is 0 Å². The van der Waals surface area contributed by atoms with Crippen LogP contribution in [0.2, 0.25) is 0 Å². The van der Waals surface area contributed by atoms with E-state index in [1.807, 2.05) is 6.26 Å². The molecule has 1 aliphatic rings. The lowest BCUT2D eigenvalue weighted by molar-refractivity contribution is -0.134. The molecule has 0 radical (unpaired) electrons. The molecule has 0 aromatic heterocycles. The van der Waals surface area contributed by atoms with Gasteiger partial charge in [0, 0.05) is 26.2 Å². The van der Waals surface area contributed by atoms with Crippen molar-refractivity contribution in [2.24, 2.45) is 5.73 Å². The molecular weight excluding hydrogens is 372 g/mol. The second-order valence-corrected chi connectivity index (χ2v) is 6.59. The summed E-state index contributed by atoms with van der Waals surface area (Å²) in [7, 11) is 0. The van der Waals surface area contributed by atoms with E-state index in [0.29, 0.717) is 19.5 Å². The molecule has 0 spiro atoms. The Hall–Kier alpha value is -1.38. The number of nitrogens with two attached hydrogens (primary N) is 1. The zero-order chi connectivity index (χ0) is 17.7. The van der Waals surface area contributed by atoms with E-state index in [-0.39, 0.29) is 31.4 Å². The molecule has 2 N–H and O–H groups in total. The fraction of sp³-hybridized carbons (Fsp3) is 0.500. The summed E-state index contributed by atoms with van der Waals surface area (Å²) in [6, 6.07) is 2.78. The van der Waals surface area contributed by atoms with Gasteiger partial charge in [-0.25, -0.2) is 8.78 Å². The van der Waals surface area contributed by atoms with Gasteiger partial charge in [0.25, 0.3) is 5.91 Å². The van der Waals surface area contributed by atoms with Gasteiger partial charge in [0.05, 0.1) is 6.04 Å². The number of benzene rings is 1. The third-order valence-electron chi connectivity index (χ3n) is 4.01. The van der Waals surface area contributed by atoms with Crippen molar-refractivity contribution in [2.45, 2.75) is 12.5 Å². The van der Waals surface area contributed by atoms with Crippen LogP contribution in [0.5, 0.6) is 0 Å². The number of thioether (sulfide) groups is 1. The zero-order valence-corrected chi connectivity index (χ0v) is 15.5. The third kappa shape index (κ3) is 5.29. The number of amides is 2. The zero-order valence-electron chi connectivity index (χ0n) is 13.9. The topological polar surface area (TPSA) is 66.6 Å². The first-order valence-corrected chi connectivity index (χ1v) is 9.11. The maximum absolute atomic E-state index is 13.7. The van der Waals surface area contributed by atoms with Gasteiger partial charge in [0.15, 0.2) is 0 Å². The Morgan fingerprint density at radius 1 is 1.16 bits per heavy atom. The molecule has 1 atom stereocenters. The first kappa shape index (κ1) is 21.7. The molecule has 5 nitrogen and oxygen atoms in total. The van der Waals surface area contributed by atoms with E-state index >= 15 is 0 Å². The lowest BCUT2D eigenvalue weighted by Crippen LogP contribution is -2.54. The van der Waals surface area contributed by atoms with Crippen LogP contribution >= 0.6 is 24.2 Å². The average molecular weight is 394 g/mol. The third-order valence-corrected chi connectivity index (χ3v) is 4.65. The van der Waals surface area contributed by atoms with Gasteiger partial charge in [-0.05, 0) is 30.6 Å². The number of rotatable bonds is 5. The lowest BCUT2D eigenvalue weighted by atomic mass is 10.1. The number of nitrogens with zero attached hydrogens (tertiary/aromatic N) is 2. The average Bonchev–Trinajstić information content (AvgIpc) is 2.58. The van der Waals surface area contributed by atoms with E-state index < -0.39 is 29.1 Å². The fourth-order valence-corrected chi connectivity index (χ4v) is 3.08. The second-order valence-electron chi connectivity index (χ2n) is 5.60. The molecule has 1 aromatic carbocycles. The van der Waals surface area contributed by atoms with Crippen LogP contribution in [0, 0.1) is 11.6 Å². The Bertz CT molecular complexity index is 593. The first-order valence-electron chi connectivity index (χ1n) is 7.72. The highest BCUT2D eigenvalue weighted by Gasteiger charge is 2.29. The van der Waals surface area contributed by atoms with Crippen LogP contribution in [0.25, 0.3) is 0 Å². The summed E-state index contributed by atoms with van der Waals surface area (Å²) in [6.45, 7) is 1.09. The monoisotopic (exact) mass is 393 g/mol. The maximum atomic E-state index is 13.7. The molecule has 9 heteroatoms. The molecule has 0 saturated carbocycles. The number of piperazine rings is 1. The molecule has 1 heterocycles. The molecule has 0 unspecified atom stereocenters. The minimum Gasteiger partial charge on any atom is -0.338 e. The van der Waals surface area contributed by atoms with Crippen molar-refractivity contribution in [1.82, 2.24) is 9.80 Å². The molecule has 0 bridgehead atoms. The summed E-state index contributed by atoms with van der Waals surface area (Å²) in [5, 5.41) is 0. The molecule has 140 valence electrons. The van der Waals surface area contributed by atoms with Gasteiger partial charge in [0.2, 0.25) is 5.91 Å². The van der Waals surface area contributed by atoms with E-state index in [1.165, 1.54) is 11.0 Å². The van der Waals surface area contributed by atoms with Crippen molar-refractivity contribution in [3.63, 3.8) is 0 Å². The van der Waals surface area contributed by atoms with Crippen LogP contribution < -0.4 is 5.73 Å². The highest BCUT2D eigenvalue weighted by molar-refractivity contribution is 7.98. The molecular formula is C16H22ClF2N3O2S. The van der Waals surface area contributed by atoms with Crippen molar-refractivity contribution in [1.29, 1.82) is 0 Å². The van der Waals surface area contributed by atoms with E-state index in [1.54, 1.807) is 16.7 Å². The molecule has 1 aromatic rings. The van der Waals surface area contributed by atoms with Crippen molar-refractivity contribution in [3.05, 3.63) is 35.4 Å². The first-order chi connectivity index (χ1) is 11.5. The fourth-order valence-electron chi connectivity index (χ4n) is 2.59. The van der Waals surface area contributed by atoms with Gasteiger partial charge < -0.3 is 15.5 Å². The number of carbonyl (C=O) groups is 2. The highest BCUT2D eigenvalue weighted by atomic mass is 35.5. The number of carbonyl (C=O) groups excluding carboxylic acids is 2. The largest absolute Gasteiger partial charge is 0.338 e. The van der Waals surface area contributed by atoms with Gasteiger partial charge in [-0.3, -0.25) is 9.59 Å². The van der Waals surface area contributed by atoms with Gasteiger partial charge >= 0.3 is 0 Å². The molecule has 1 saturated heterocycles. The predicted octanol–water partition coefficient (Wildman–Crippen LogP) is 1.75. The summed E-state index contributed by atoms with van der Waals surface area (Å²) in [5.74, 6) is -1.79. The van der Waals surface area contributed by atoms with Crippen LogP contribution in [0.1, 0.15) is 16.8 Å². The minimum absolute atomic E-state index is 0. The quantitative estimate of drug-likeness (QED) is 0.827. The Kier molecular flexibility index (Phi) is 8.61. The Balaban J connectivity index is 0.00000312. The van der Waals surface area contributed by atoms with Crippen LogP contribution in [-0.4, -0.2) is 65.8 Å². The van der Waals surface area contributed by atoms with Crippen molar-refractivity contribution in [2.75, 3.05) is 38.2 Å². The van der Waals surface area contributed by atoms with Crippen LogP contribution in [0.4, 0.5) is 8.78 Å². The Labute approximate surface area is 156 Å². The van der Waals surface area contributed by atoms with Crippen molar-refractivity contribution >= 4 is 36.0 Å². The Morgan fingerprint density at radius 3 is 2.20 bits per heavy atom. The van der Waals surface area contributed by atoms with Crippen molar-refractivity contribution < 1.29 is 18.4 Å². The van der Waals surface area contributed by atoms with Crippen molar-refractivity contribution in [3.8, 4) is 0 Å². The number of halogens is 3. The molecule has 0 aliphatic carbocycles. The normalized spacial score (nSPS) is 15.5. The van der Waals surface area contributed by atoms with Gasteiger partial charge in [-0.2, -0.15) is 11.8 Å². The predicted molar refractivity (Wildman–Crippen MR) is 97.1 cm³/mol. The standard InChI is InChI=1S/C16H21F2N3O2S.ClH/c1-24-10-5-13(19)15(22)20-6-8-21(9-7-20)16(23)14-11(17)3-2-4-12(14)18;/h2-4,13H,5-10,19H2,1H3;1H/t13-;/m0./s1. The smallest absolute Gasteiger partial charge is 0.259 e. The maximum Gasteiger partial charge on any atom is 0.259 e. The van der Waals surface area contributed by atoms with Crippen LogP contribution in [0.15, 0.2) is 18.2 Å². The summed E-state index contributed by atoms with van der Waals surface area (Å²) in [4.78, 5) is 27.5. The lowest BCUT2D eigenvalue weighted by Gasteiger charge is -2.36. The van der Waals surface area contributed by atoms with E-state index in [9.17, 15) is 18.4 Å². The minimum atomic E-state index is -0.877. The molecule has 1 aliphatic heterocycles. The highest BCUT2D eigenvalue weighted by Crippen LogP contribution is 2.16. The summed E-state index contributed by atoms with van der Waals surface area (Å²) in [5.41, 5.74) is 5.33. The van der Waals surface area contributed by atoms with Gasteiger partial charge in [-0.15, -0.1) is 12.4 Å². The Morgan fingerprint density at radius 2 is 1.68 bits per heavy atom. The SMILES string of the molecule is CSCC[C@H](N)C(=O)N1CCN(C(=O)c2c(F)cccc2F)CC1.Cl. The van der Waals surface area contributed by atoms with Crippen LogP contribution in [0.3, 0.4) is 0 Å². The molecule has 1 fully saturated rings. The van der Waals surface area contributed by atoms with Gasteiger partial charge in [-0.1, -0.05) is 6.07 Å². The van der Waals surface area contributed by atoms with Crippen LogP contribution in [-0.2, 0) is 4.79 Å².